The molecule has 116 valence electrons. The molecule has 0 spiro atoms. The summed E-state index contributed by atoms with van der Waals surface area (Å²) >= 11 is 0. The molecule has 1 N–H and O–H groups in total. The number of hydrogen-bond donors (Lipinski definition) is 1. The van der Waals surface area contributed by atoms with E-state index >= 15 is 0 Å². The van der Waals surface area contributed by atoms with E-state index in [9.17, 15) is 0 Å². The molecule has 0 amide bonds. The van der Waals surface area contributed by atoms with Crippen LogP contribution in [0.25, 0.3) is 0 Å². The lowest BCUT2D eigenvalue weighted by atomic mass is 10.0. The summed E-state index contributed by atoms with van der Waals surface area (Å²) < 4.78 is 0. The van der Waals surface area contributed by atoms with Gasteiger partial charge >= 0.3 is 0 Å². The standard InChI is InChI=1S/C18H29N3/c1-15(20(2)17-8-9-17)14-19-16-10-12-21(13-11-16)18-6-4-3-5-7-18/h3-7,15-17,19H,8-14H2,1-2H3. The van der Waals surface area contributed by atoms with Crippen molar-refractivity contribution in [3.05, 3.63) is 30.3 Å². The van der Waals surface area contributed by atoms with E-state index in [-0.39, 0.29) is 0 Å². The molecule has 0 radical (unpaired) electrons. The second kappa shape index (κ2) is 6.80. The van der Waals surface area contributed by atoms with Crippen molar-refractivity contribution in [1.29, 1.82) is 0 Å². The van der Waals surface area contributed by atoms with Gasteiger partial charge in [0, 0.05) is 43.4 Å². The van der Waals surface area contributed by atoms with Crippen LogP contribution in [0.3, 0.4) is 0 Å². The van der Waals surface area contributed by atoms with Crippen LogP contribution in [-0.4, -0.2) is 49.7 Å². The van der Waals surface area contributed by atoms with E-state index in [2.05, 4.69) is 59.4 Å². The molecule has 1 aliphatic heterocycles. The van der Waals surface area contributed by atoms with Gasteiger partial charge in [0.05, 0.1) is 0 Å². The number of likely N-dealkylation sites (N-methyl/N-ethyl adjacent to an activating group) is 1. The van der Waals surface area contributed by atoms with Gasteiger partial charge in [-0.25, -0.2) is 0 Å². The van der Waals surface area contributed by atoms with E-state index in [1.165, 1.54) is 44.5 Å². The zero-order valence-electron chi connectivity index (χ0n) is 13.5. The third-order valence-corrected chi connectivity index (χ3v) is 5.14. The molecule has 1 atom stereocenters. The fourth-order valence-corrected chi connectivity index (χ4v) is 3.30. The lowest BCUT2D eigenvalue weighted by molar-refractivity contribution is 0.231. The predicted octanol–water partition coefficient (Wildman–Crippen LogP) is 2.73. The van der Waals surface area contributed by atoms with Gasteiger partial charge in [-0.05, 0) is 51.8 Å². The lowest BCUT2D eigenvalue weighted by Gasteiger charge is -2.35. The summed E-state index contributed by atoms with van der Waals surface area (Å²) in [7, 11) is 2.28. The van der Waals surface area contributed by atoms with Crippen molar-refractivity contribution in [2.45, 2.75) is 50.7 Å². The largest absolute Gasteiger partial charge is 0.371 e. The number of rotatable bonds is 6. The molecule has 1 aromatic carbocycles. The minimum Gasteiger partial charge on any atom is -0.371 e. The zero-order chi connectivity index (χ0) is 14.7. The maximum atomic E-state index is 3.79. The Balaban J connectivity index is 1.39. The van der Waals surface area contributed by atoms with Gasteiger partial charge in [-0.1, -0.05) is 18.2 Å². The SMILES string of the molecule is CC(CNC1CCN(c2ccccc2)CC1)N(C)C1CC1. The first-order valence-corrected chi connectivity index (χ1v) is 8.49. The minimum atomic E-state index is 0.657. The summed E-state index contributed by atoms with van der Waals surface area (Å²) in [6.07, 6.45) is 5.32. The Labute approximate surface area is 129 Å². The molecule has 0 aromatic heterocycles. The Bertz CT molecular complexity index is 421. The Hall–Kier alpha value is -1.06. The van der Waals surface area contributed by atoms with E-state index in [0.717, 1.165) is 12.6 Å². The molecule has 1 unspecified atom stereocenters. The average molecular weight is 287 g/mol. The molecular weight excluding hydrogens is 258 g/mol. The quantitative estimate of drug-likeness (QED) is 0.868. The van der Waals surface area contributed by atoms with Crippen LogP contribution >= 0.6 is 0 Å². The molecule has 1 saturated heterocycles. The van der Waals surface area contributed by atoms with Crippen LogP contribution in [0.1, 0.15) is 32.6 Å². The van der Waals surface area contributed by atoms with Gasteiger partial charge < -0.3 is 10.2 Å². The zero-order valence-corrected chi connectivity index (χ0v) is 13.5. The Morgan fingerprint density at radius 3 is 2.43 bits per heavy atom. The summed E-state index contributed by atoms with van der Waals surface area (Å²) in [5.74, 6) is 0. The number of para-hydroxylation sites is 1. The van der Waals surface area contributed by atoms with Gasteiger partial charge in [0.2, 0.25) is 0 Å². The number of nitrogens with zero attached hydrogens (tertiary/aromatic N) is 2. The number of piperidine rings is 1. The summed E-state index contributed by atoms with van der Waals surface area (Å²) in [5.41, 5.74) is 1.37. The van der Waals surface area contributed by atoms with Gasteiger partial charge in [-0.2, -0.15) is 0 Å². The number of benzene rings is 1. The Morgan fingerprint density at radius 1 is 1.14 bits per heavy atom. The van der Waals surface area contributed by atoms with E-state index in [4.69, 9.17) is 0 Å². The minimum absolute atomic E-state index is 0.657. The highest BCUT2D eigenvalue weighted by Gasteiger charge is 2.29. The fourth-order valence-electron chi connectivity index (χ4n) is 3.30. The van der Waals surface area contributed by atoms with Crippen molar-refractivity contribution in [3.63, 3.8) is 0 Å². The highest BCUT2D eigenvalue weighted by atomic mass is 15.2. The topological polar surface area (TPSA) is 18.5 Å². The van der Waals surface area contributed by atoms with Crippen LogP contribution < -0.4 is 10.2 Å². The van der Waals surface area contributed by atoms with Crippen molar-refractivity contribution in [2.75, 3.05) is 31.6 Å². The van der Waals surface area contributed by atoms with Crippen molar-refractivity contribution in [1.82, 2.24) is 10.2 Å². The molecule has 3 heteroatoms. The summed E-state index contributed by atoms with van der Waals surface area (Å²) in [5, 5.41) is 3.79. The van der Waals surface area contributed by atoms with E-state index in [0.29, 0.717) is 12.1 Å². The number of nitrogens with one attached hydrogen (secondary N) is 1. The maximum absolute atomic E-state index is 3.79. The summed E-state index contributed by atoms with van der Waals surface area (Å²) in [4.78, 5) is 5.06. The van der Waals surface area contributed by atoms with Gasteiger partial charge in [0.15, 0.2) is 0 Å². The van der Waals surface area contributed by atoms with Crippen LogP contribution in [0, 0.1) is 0 Å². The smallest absolute Gasteiger partial charge is 0.0366 e. The first-order valence-electron chi connectivity index (χ1n) is 8.49. The fraction of sp³-hybridized carbons (Fsp3) is 0.667. The molecule has 0 bridgehead atoms. The summed E-state index contributed by atoms with van der Waals surface area (Å²) in [6, 6.07) is 13.0. The second-order valence-electron chi connectivity index (χ2n) is 6.75. The number of hydrogen-bond acceptors (Lipinski definition) is 3. The third kappa shape index (κ3) is 3.98. The molecule has 1 heterocycles. The predicted molar refractivity (Wildman–Crippen MR) is 89.9 cm³/mol. The van der Waals surface area contributed by atoms with Crippen molar-refractivity contribution < 1.29 is 0 Å². The maximum Gasteiger partial charge on any atom is 0.0366 e. The van der Waals surface area contributed by atoms with Gasteiger partial charge in [0.1, 0.15) is 0 Å². The normalized spacial score (nSPS) is 21.8. The monoisotopic (exact) mass is 287 g/mol. The highest BCUT2D eigenvalue weighted by Crippen LogP contribution is 2.27. The van der Waals surface area contributed by atoms with Gasteiger partial charge in [-0.3, -0.25) is 4.90 Å². The highest BCUT2D eigenvalue weighted by molar-refractivity contribution is 5.46. The third-order valence-electron chi connectivity index (χ3n) is 5.14. The molecule has 1 aromatic rings. The molecular formula is C18H29N3. The van der Waals surface area contributed by atoms with E-state index < -0.39 is 0 Å². The van der Waals surface area contributed by atoms with Crippen LogP contribution in [0.2, 0.25) is 0 Å². The molecule has 1 aliphatic carbocycles. The van der Waals surface area contributed by atoms with Crippen molar-refractivity contribution >= 4 is 5.69 Å². The lowest BCUT2D eigenvalue weighted by Crippen LogP contribution is -2.47. The van der Waals surface area contributed by atoms with Crippen LogP contribution in [0.4, 0.5) is 5.69 Å². The molecule has 2 aliphatic rings. The molecule has 3 rings (SSSR count). The van der Waals surface area contributed by atoms with Gasteiger partial charge in [0.25, 0.3) is 0 Å². The first-order chi connectivity index (χ1) is 10.2. The van der Waals surface area contributed by atoms with Crippen molar-refractivity contribution in [3.8, 4) is 0 Å². The molecule has 2 fully saturated rings. The Morgan fingerprint density at radius 2 is 1.81 bits per heavy atom. The molecule has 21 heavy (non-hydrogen) atoms. The van der Waals surface area contributed by atoms with E-state index in [1.54, 1.807) is 0 Å². The van der Waals surface area contributed by atoms with Crippen LogP contribution in [-0.2, 0) is 0 Å². The van der Waals surface area contributed by atoms with Crippen molar-refractivity contribution in [2.24, 2.45) is 0 Å². The van der Waals surface area contributed by atoms with Crippen LogP contribution in [0.5, 0.6) is 0 Å². The van der Waals surface area contributed by atoms with Gasteiger partial charge in [-0.15, -0.1) is 0 Å². The number of anilines is 1. The average Bonchev–Trinajstić information content (AvgIpc) is 3.38. The molecule has 1 saturated carbocycles. The van der Waals surface area contributed by atoms with Crippen LogP contribution in [0.15, 0.2) is 30.3 Å². The summed E-state index contributed by atoms with van der Waals surface area (Å²) in [6.45, 7) is 5.83. The Kier molecular flexibility index (Phi) is 4.81. The van der Waals surface area contributed by atoms with E-state index in [1.807, 2.05) is 0 Å². The molecule has 3 nitrogen and oxygen atoms in total. The second-order valence-corrected chi connectivity index (χ2v) is 6.75. The first kappa shape index (κ1) is 14.9.